The van der Waals surface area contributed by atoms with Crippen molar-refractivity contribution in [1.82, 2.24) is 13.3 Å². The van der Waals surface area contributed by atoms with Gasteiger partial charge >= 0.3 is 17.1 Å². The molecule has 0 atom stereocenters. The molecule has 8 rings (SSSR count). The Kier molecular flexibility index (Phi) is 9.26. The molecule has 2 heterocycles. The molecule has 5 heteroatoms. The Labute approximate surface area is 268 Å². The van der Waals surface area contributed by atoms with E-state index in [1.165, 1.54) is 22.5 Å². The summed E-state index contributed by atoms with van der Waals surface area (Å²) in [6.45, 7) is 0. The fourth-order valence-electron chi connectivity index (χ4n) is 5.02. The molecule has 0 unspecified atom stereocenters. The second-order valence-electron chi connectivity index (χ2n) is 9.68. The van der Waals surface area contributed by atoms with Gasteiger partial charge in [-0.25, -0.2) is 0 Å². The maximum Gasteiger partial charge on any atom is 2.00 e. The molecule has 43 heavy (non-hydrogen) atoms. The SMILES string of the molecule is C(#Cc1ccc(C#Cc2ccc(-n3c4ccccc4c4ccccc43)c3nsnc23)cc1)[C]1[CH][CH][CH][CH]1.[CH]1[CH][CH][CH][CH]1.[Fe+2]. The minimum atomic E-state index is 0. The second kappa shape index (κ2) is 13.6. The zero-order chi connectivity index (χ0) is 28.1. The van der Waals surface area contributed by atoms with E-state index >= 15 is 0 Å². The van der Waals surface area contributed by atoms with Gasteiger partial charge < -0.3 is 4.57 Å². The molecule has 10 radical (unpaired) electrons. The predicted octanol–water partition coefficient (Wildman–Crippen LogP) is 7.96. The van der Waals surface area contributed by atoms with Gasteiger partial charge in [-0.2, -0.15) is 8.75 Å². The van der Waals surface area contributed by atoms with Crippen LogP contribution in [-0.4, -0.2) is 13.3 Å². The summed E-state index contributed by atoms with van der Waals surface area (Å²) in [5.41, 5.74) is 7.77. The molecule has 0 N–H and O–H groups in total. The standard InChI is InChI=1S/C33H18N3S.C5H5.Fe/c1-2-8-23(7-1)13-14-24-15-17-25(18-16-24)19-20-26-21-22-31(33-32(26)34-37-35-33)36-29-11-5-3-9-27(29)28-10-4-6-12-30(28)36;1-2-4-5-3-1;/h1-12,15-18,21-22H;1-5H;/q;;+2. The molecule has 2 fully saturated rings. The van der Waals surface area contributed by atoms with Gasteiger partial charge in [0.05, 0.1) is 39.9 Å². The van der Waals surface area contributed by atoms with Crippen molar-refractivity contribution in [3.63, 3.8) is 0 Å². The number of hydrogen-bond donors (Lipinski definition) is 0. The molecule has 0 saturated heterocycles. The summed E-state index contributed by atoms with van der Waals surface area (Å²) in [5.74, 6) is 14.0. The molecule has 3 nitrogen and oxygen atoms in total. The van der Waals surface area contributed by atoms with Gasteiger partial charge in [-0.1, -0.05) is 60.1 Å². The van der Waals surface area contributed by atoms with Crippen LogP contribution in [-0.2, 0) is 17.1 Å². The van der Waals surface area contributed by atoms with Gasteiger partial charge in [0.2, 0.25) is 0 Å². The van der Waals surface area contributed by atoms with Gasteiger partial charge in [-0.15, -0.1) is 0 Å². The summed E-state index contributed by atoms with van der Waals surface area (Å²) >= 11 is 1.22. The topological polar surface area (TPSA) is 30.7 Å². The number of nitrogens with zero attached hydrogens (tertiary/aromatic N) is 3. The van der Waals surface area contributed by atoms with Gasteiger partial charge in [0.15, 0.2) is 0 Å². The Balaban J connectivity index is 0.000000500. The first-order chi connectivity index (χ1) is 20.8. The average molecular weight is 610 g/mol. The summed E-state index contributed by atoms with van der Waals surface area (Å²) in [6, 6.07) is 29.1. The number of fused-ring (bicyclic) bond motifs is 4. The van der Waals surface area contributed by atoms with Crippen molar-refractivity contribution in [3.8, 4) is 29.4 Å². The molecule has 0 aliphatic heterocycles. The quantitative estimate of drug-likeness (QED) is 0.140. The Morgan fingerprint density at radius 2 is 1.05 bits per heavy atom. The fraction of sp³-hybridized carbons (Fsp3) is 0. The summed E-state index contributed by atoms with van der Waals surface area (Å²) in [7, 11) is 0. The van der Waals surface area contributed by atoms with Gasteiger partial charge in [-0.05, 0) is 106 Å². The summed E-state index contributed by atoms with van der Waals surface area (Å²) in [6.07, 6.45) is 18.0. The molecule has 0 spiro atoms. The van der Waals surface area contributed by atoms with Crippen molar-refractivity contribution >= 4 is 44.6 Å². The van der Waals surface area contributed by atoms with Crippen LogP contribution in [0.3, 0.4) is 0 Å². The Hall–Kier alpha value is -3.86. The third kappa shape index (κ3) is 6.27. The van der Waals surface area contributed by atoms with E-state index in [-0.39, 0.29) is 17.1 Å². The Bertz CT molecular complexity index is 1930. The van der Waals surface area contributed by atoms with Crippen molar-refractivity contribution in [2.24, 2.45) is 0 Å². The minimum Gasteiger partial charge on any atom is -0.307 e. The van der Waals surface area contributed by atoms with Crippen LogP contribution >= 0.6 is 11.7 Å². The zero-order valence-electron chi connectivity index (χ0n) is 22.9. The van der Waals surface area contributed by atoms with Crippen LogP contribution in [0, 0.1) is 87.4 Å². The molecule has 2 aliphatic carbocycles. The molecule has 4 aromatic carbocycles. The minimum absolute atomic E-state index is 0. The van der Waals surface area contributed by atoms with E-state index in [9.17, 15) is 0 Å². The van der Waals surface area contributed by atoms with Crippen molar-refractivity contribution in [2.45, 2.75) is 0 Å². The van der Waals surface area contributed by atoms with Crippen molar-refractivity contribution in [1.29, 1.82) is 0 Å². The maximum absolute atomic E-state index is 4.68. The number of aromatic nitrogens is 3. The van der Waals surface area contributed by atoms with Crippen LogP contribution in [0.15, 0.2) is 84.9 Å². The third-order valence-corrected chi connectivity index (χ3v) is 7.54. The summed E-state index contributed by atoms with van der Waals surface area (Å²) in [4.78, 5) is 0. The van der Waals surface area contributed by atoms with E-state index in [2.05, 4.69) is 97.7 Å². The number of rotatable bonds is 1. The van der Waals surface area contributed by atoms with Crippen molar-refractivity contribution in [2.75, 3.05) is 0 Å². The van der Waals surface area contributed by atoms with Crippen LogP contribution in [0.1, 0.15) is 16.7 Å². The van der Waals surface area contributed by atoms with E-state index in [1.807, 2.05) is 82.1 Å². The Morgan fingerprint density at radius 3 is 1.65 bits per heavy atom. The van der Waals surface area contributed by atoms with Crippen LogP contribution in [0.2, 0.25) is 0 Å². The smallest absolute Gasteiger partial charge is 0.307 e. The first-order valence-corrected chi connectivity index (χ1v) is 14.3. The van der Waals surface area contributed by atoms with Gasteiger partial charge in [-0.3, -0.25) is 0 Å². The number of hydrogen-bond acceptors (Lipinski definition) is 3. The average Bonchev–Trinajstić information content (AvgIpc) is 3.87. The molecule has 2 aliphatic rings. The van der Waals surface area contributed by atoms with Crippen LogP contribution in [0.4, 0.5) is 0 Å². The largest absolute Gasteiger partial charge is 2.00 e. The van der Waals surface area contributed by atoms with Gasteiger partial charge in [0.1, 0.15) is 11.0 Å². The van der Waals surface area contributed by atoms with E-state index < -0.39 is 0 Å². The summed E-state index contributed by atoms with van der Waals surface area (Å²) < 4.78 is 11.6. The Morgan fingerprint density at radius 1 is 0.512 bits per heavy atom. The number of benzene rings is 4. The molecule has 6 aromatic rings. The number of para-hydroxylation sites is 2. The first-order valence-electron chi connectivity index (χ1n) is 13.6. The molecular weight excluding hydrogens is 586 g/mol. The maximum atomic E-state index is 4.68. The van der Waals surface area contributed by atoms with E-state index in [0.29, 0.717) is 0 Å². The summed E-state index contributed by atoms with van der Waals surface area (Å²) in [5, 5.41) is 2.45. The zero-order valence-corrected chi connectivity index (χ0v) is 24.8. The molecule has 0 amide bonds. The molecule has 2 saturated carbocycles. The normalized spacial score (nSPS) is 14.4. The first kappa shape index (κ1) is 29.2. The van der Waals surface area contributed by atoms with Crippen LogP contribution in [0.25, 0.3) is 38.5 Å². The van der Waals surface area contributed by atoms with Gasteiger partial charge in [0.25, 0.3) is 0 Å². The molecule has 202 valence electrons. The van der Waals surface area contributed by atoms with E-state index in [4.69, 9.17) is 0 Å². The molecule has 0 bridgehead atoms. The molecular formula is C38H23FeN3S+2. The van der Waals surface area contributed by atoms with Crippen molar-refractivity contribution in [3.05, 3.63) is 165 Å². The predicted molar refractivity (Wildman–Crippen MR) is 173 cm³/mol. The fourth-order valence-corrected chi connectivity index (χ4v) is 5.58. The molecule has 2 aromatic heterocycles. The third-order valence-electron chi connectivity index (χ3n) is 7.01. The van der Waals surface area contributed by atoms with E-state index in [1.54, 1.807) is 0 Å². The second-order valence-corrected chi connectivity index (χ2v) is 10.2. The monoisotopic (exact) mass is 609 g/mol. The van der Waals surface area contributed by atoms with Crippen molar-refractivity contribution < 1.29 is 17.1 Å². The van der Waals surface area contributed by atoms with Crippen LogP contribution in [0.5, 0.6) is 0 Å². The van der Waals surface area contributed by atoms with Gasteiger partial charge in [0, 0.05) is 21.9 Å². The van der Waals surface area contributed by atoms with Crippen LogP contribution < -0.4 is 0 Å². The van der Waals surface area contributed by atoms with E-state index in [0.717, 1.165) is 50.4 Å².